The van der Waals surface area contributed by atoms with Gasteiger partial charge in [0.1, 0.15) is 18.3 Å². The van der Waals surface area contributed by atoms with E-state index in [1.807, 2.05) is 50.7 Å². The van der Waals surface area contributed by atoms with E-state index < -0.39 is 5.41 Å². The molecule has 3 rings (SSSR count). The molecule has 0 fully saturated rings. The van der Waals surface area contributed by atoms with Crippen molar-refractivity contribution in [2.75, 3.05) is 7.11 Å². The van der Waals surface area contributed by atoms with Gasteiger partial charge in [-0.15, -0.1) is 0 Å². The van der Waals surface area contributed by atoms with E-state index in [0.717, 1.165) is 12.8 Å². The third-order valence-electron chi connectivity index (χ3n) is 7.87. The van der Waals surface area contributed by atoms with Crippen molar-refractivity contribution in [3.05, 3.63) is 48.1 Å². The molecule has 6 atom stereocenters. The Balaban J connectivity index is 1.90. The molecular formula is C31H46N2O5. The molecule has 0 saturated heterocycles. The maximum Gasteiger partial charge on any atom is 0.331 e. The molecule has 2 aliphatic carbocycles. The van der Waals surface area contributed by atoms with E-state index in [1.165, 1.54) is 11.6 Å². The van der Waals surface area contributed by atoms with Gasteiger partial charge in [-0.1, -0.05) is 37.6 Å². The van der Waals surface area contributed by atoms with E-state index >= 15 is 0 Å². The van der Waals surface area contributed by atoms with E-state index in [4.69, 9.17) is 14.2 Å². The second-order valence-electron chi connectivity index (χ2n) is 12.2. The number of esters is 2. The van der Waals surface area contributed by atoms with Crippen molar-refractivity contribution in [3.8, 4) is 0 Å². The quantitative estimate of drug-likeness (QED) is 0.260. The molecule has 210 valence electrons. The lowest BCUT2D eigenvalue weighted by Gasteiger charge is -2.43. The van der Waals surface area contributed by atoms with E-state index in [-0.39, 0.29) is 42.1 Å². The molecule has 0 saturated carbocycles. The first kappa shape index (κ1) is 29.9. The number of hydrogen-bond acceptors (Lipinski definition) is 6. The summed E-state index contributed by atoms with van der Waals surface area (Å²) in [5, 5.41) is 0. The van der Waals surface area contributed by atoms with Crippen LogP contribution >= 0.6 is 0 Å². The van der Waals surface area contributed by atoms with Crippen LogP contribution in [0.15, 0.2) is 42.4 Å². The number of carbonyl (C=O) groups is 2. The standard InChI is InChI=1S/C31H46N2O5/c1-20(2)24-14-12-21(3)25-16-23(37-29(34)15-13-22-18-33(7)19-32-22)10-9-11-27(36-8)28(17-26(24)25)38-30(35)31(4,5)6/h9,11-13,15,18-20,23-28H,10,14,16-17H2,1-8H3/b11-9-,15-13+/t23?,24-,25+,26-,27+,28?/m1/s1. The molecule has 0 bridgehead atoms. The molecule has 0 N–H and O–H groups in total. The Morgan fingerprint density at radius 1 is 1.16 bits per heavy atom. The fourth-order valence-electron chi connectivity index (χ4n) is 5.65. The Bertz CT molecular complexity index is 1040. The number of rotatable bonds is 6. The summed E-state index contributed by atoms with van der Waals surface area (Å²) in [6.07, 6.45) is 14.9. The first-order valence-electron chi connectivity index (χ1n) is 13.8. The molecule has 0 aromatic carbocycles. The van der Waals surface area contributed by atoms with Gasteiger partial charge >= 0.3 is 11.9 Å². The topological polar surface area (TPSA) is 79.7 Å². The van der Waals surface area contributed by atoms with Gasteiger partial charge in [-0.05, 0) is 76.7 Å². The largest absolute Gasteiger partial charge is 0.459 e. The maximum absolute atomic E-state index is 12.9. The van der Waals surface area contributed by atoms with Crippen molar-refractivity contribution < 1.29 is 23.8 Å². The highest BCUT2D eigenvalue weighted by Gasteiger charge is 2.41. The summed E-state index contributed by atoms with van der Waals surface area (Å²) in [6, 6.07) is 0. The summed E-state index contributed by atoms with van der Waals surface area (Å²) < 4.78 is 19.8. The van der Waals surface area contributed by atoms with E-state index in [0.29, 0.717) is 30.4 Å². The van der Waals surface area contributed by atoms with Gasteiger partial charge in [-0.3, -0.25) is 4.79 Å². The van der Waals surface area contributed by atoms with Crippen LogP contribution in [-0.2, 0) is 30.8 Å². The number of aryl methyl sites for hydroxylation is 1. The third kappa shape index (κ3) is 7.92. The third-order valence-corrected chi connectivity index (χ3v) is 7.87. The minimum Gasteiger partial charge on any atom is -0.459 e. The maximum atomic E-state index is 12.9. The minimum atomic E-state index is -0.599. The molecule has 1 aromatic heterocycles. The normalized spacial score (nSPS) is 29.4. The summed E-state index contributed by atoms with van der Waals surface area (Å²) in [4.78, 5) is 30.0. The van der Waals surface area contributed by atoms with Crippen LogP contribution in [0.2, 0.25) is 0 Å². The first-order chi connectivity index (χ1) is 17.9. The number of carbonyl (C=O) groups excluding carboxylic acids is 2. The van der Waals surface area contributed by atoms with E-state index in [2.05, 4.69) is 31.8 Å². The van der Waals surface area contributed by atoms with Crippen LogP contribution in [0.25, 0.3) is 6.08 Å². The molecule has 0 amide bonds. The lowest BCUT2D eigenvalue weighted by atomic mass is 9.64. The average Bonchev–Trinajstić information content (AvgIpc) is 3.26. The smallest absolute Gasteiger partial charge is 0.331 e. The number of methoxy groups -OCH3 is 1. The molecule has 1 heterocycles. The van der Waals surface area contributed by atoms with Crippen molar-refractivity contribution in [1.29, 1.82) is 0 Å². The highest BCUT2D eigenvalue weighted by Crippen LogP contribution is 2.45. The van der Waals surface area contributed by atoms with Crippen LogP contribution in [0.5, 0.6) is 0 Å². The summed E-state index contributed by atoms with van der Waals surface area (Å²) in [5.41, 5.74) is 1.43. The number of allylic oxidation sites excluding steroid dienone is 2. The molecule has 0 radical (unpaired) electrons. The van der Waals surface area contributed by atoms with Gasteiger partial charge in [0, 0.05) is 32.9 Å². The predicted molar refractivity (Wildman–Crippen MR) is 149 cm³/mol. The second kappa shape index (κ2) is 12.9. The van der Waals surface area contributed by atoms with Crippen molar-refractivity contribution in [3.63, 3.8) is 0 Å². The summed E-state index contributed by atoms with van der Waals surface area (Å²) in [7, 11) is 3.54. The summed E-state index contributed by atoms with van der Waals surface area (Å²) in [6.45, 7) is 12.3. The molecule has 0 aliphatic heterocycles. The van der Waals surface area contributed by atoms with Crippen LogP contribution in [0.3, 0.4) is 0 Å². The van der Waals surface area contributed by atoms with Gasteiger partial charge in [-0.2, -0.15) is 0 Å². The number of ether oxygens (including phenoxy) is 3. The van der Waals surface area contributed by atoms with Gasteiger partial charge in [0.05, 0.1) is 17.4 Å². The van der Waals surface area contributed by atoms with E-state index in [9.17, 15) is 9.59 Å². The van der Waals surface area contributed by atoms with E-state index in [1.54, 1.807) is 19.5 Å². The van der Waals surface area contributed by atoms with Crippen molar-refractivity contribution in [2.24, 2.45) is 36.1 Å². The lowest BCUT2D eigenvalue weighted by molar-refractivity contribution is -0.166. The van der Waals surface area contributed by atoms with Gasteiger partial charge in [-0.25, -0.2) is 9.78 Å². The molecule has 2 aliphatic rings. The number of fused-ring (bicyclic) bond motifs is 1. The Hall–Kier alpha value is -2.67. The second-order valence-corrected chi connectivity index (χ2v) is 12.2. The predicted octanol–water partition coefficient (Wildman–Crippen LogP) is 5.91. The highest BCUT2D eigenvalue weighted by molar-refractivity contribution is 5.86. The SMILES string of the molecule is CO[C@H]1/C=C\CC(OC(=O)/C=C/c2cn(C)cn2)C[C@H]2C(C)=CC[C@H](C(C)C)[C@H]2CC1OC(=O)C(C)(C)C. The van der Waals surface area contributed by atoms with Crippen LogP contribution in [0.1, 0.15) is 72.9 Å². The Kier molecular flexibility index (Phi) is 10.2. The van der Waals surface area contributed by atoms with Crippen molar-refractivity contribution in [1.82, 2.24) is 9.55 Å². The Morgan fingerprint density at radius 3 is 2.50 bits per heavy atom. The Morgan fingerprint density at radius 2 is 1.89 bits per heavy atom. The van der Waals surface area contributed by atoms with Gasteiger partial charge in [0.2, 0.25) is 0 Å². The summed E-state index contributed by atoms with van der Waals surface area (Å²) in [5.74, 6) is 0.789. The highest BCUT2D eigenvalue weighted by atomic mass is 16.6. The number of imidazole rings is 1. The Labute approximate surface area is 228 Å². The van der Waals surface area contributed by atoms with Gasteiger partial charge < -0.3 is 18.8 Å². The molecule has 0 spiro atoms. The van der Waals surface area contributed by atoms with Crippen LogP contribution < -0.4 is 0 Å². The van der Waals surface area contributed by atoms with Gasteiger partial charge in [0.15, 0.2) is 0 Å². The zero-order valence-corrected chi connectivity index (χ0v) is 24.3. The van der Waals surface area contributed by atoms with Crippen LogP contribution in [-0.4, -0.2) is 46.9 Å². The number of aromatic nitrogens is 2. The van der Waals surface area contributed by atoms with Crippen LogP contribution in [0, 0.1) is 29.1 Å². The number of hydrogen-bond donors (Lipinski definition) is 0. The molecule has 38 heavy (non-hydrogen) atoms. The van der Waals surface area contributed by atoms with Crippen molar-refractivity contribution >= 4 is 18.0 Å². The first-order valence-corrected chi connectivity index (χ1v) is 13.8. The van der Waals surface area contributed by atoms with Crippen LogP contribution in [0.4, 0.5) is 0 Å². The zero-order valence-electron chi connectivity index (χ0n) is 24.3. The summed E-state index contributed by atoms with van der Waals surface area (Å²) >= 11 is 0. The molecule has 7 nitrogen and oxygen atoms in total. The van der Waals surface area contributed by atoms with Crippen molar-refractivity contribution in [2.45, 2.75) is 85.5 Å². The fraction of sp³-hybridized carbons (Fsp3) is 0.645. The minimum absolute atomic E-state index is 0.216. The zero-order chi connectivity index (χ0) is 28.0. The molecule has 1 aromatic rings. The lowest BCUT2D eigenvalue weighted by Crippen LogP contribution is -2.42. The fourth-order valence-corrected chi connectivity index (χ4v) is 5.65. The monoisotopic (exact) mass is 526 g/mol. The molecular weight excluding hydrogens is 480 g/mol. The average molecular weight is 527 g/mol. The molecule has 7 heteroatoms. The number of nitrogens with zero attached hydrogens (tertiary/aromatic N) is 2. The molecule has 2 unspecified atom stereocenters. The van der Waals surface area contributed by atoms with Gasteiger partial charge in [0.25, 0.3) is 0 Å².